The molecule has 0 atom stereocenters. The van der Waals surface area contributed by atoms with E-state index in [1.807, 2.05) is 36.4 Å². The van der Waals surface area contributed by atoms with Crippen LogP contribution in [0.15, 0.2) is 84.9 Å². The average molecular weight is 380 g/mol. The summed E-state index contributed by atoms with van der Waals surface area (Å²) in [5, 5.41) is 0. The van der Waals surface area contributed by atoms with Crippen LogP contribution in [0.4, 0.5) is 13.2 Å². The zero-order valence-corrected chi connectivity index (χ0v) is 14.7. The maximum atomic E-state index is 13.5. The zero-order chi connectivity index (χ0) is 19.6. The molecule has 0 unspecified atom stereocenters. The van der Waals surface area contributed by atoms with E-state index in [1.54, 1.807) is 24.3 Å². The molecule has 1 aliphatic heterocycles. The second kappa shape index (κ2) is 7.87. The molecule has 3 aromatic rings. The lowest BCUT2D eigenvalue weighted by molar-refractivity contribution is -0.136. The highest BCUT2D eigenvalue weighted by Gasteiger charge is 2.46. The van der Waals surface area contributed by atoms with Crippen LogP contribution in [0.2, 0.25) is 0 Å². The molecule has 3 nitrogen and oxygen atoms in total. The average Bonchev–Trinajstić information content (AvgIpc) is 2.74. The van der Waals surface area contributed by atoms with Crippen LogP contribution in [-0.4, -0.2) is 21.4 Å². The molecule has 3 aromatic carbocycles. The first-order valence-electron chi connectivity index (χ1n) is 8.75. The first kappa shape index (κ1) is 18.9. The highest BCUT2D eigenvalue weighted by molar-refractivity contribution is 6.87. The van der Waals surface area contributed by atoms with Gasteiger partial charge in [0.25, 0.3) is 0 Å². The van der Waals surface area contributed by atoms with Gasteiger partial charge in [0.15, 0.2) is 0 Å². The monoisotopic (exact) mass is 380 g/mol. The molecule has 1 aliphatic rings. The summed E-state index contributed by atoms with van der Waals surface area (Å²) < 4.78 is 58.0. The van der Waals surface area contributed by atoms with Gasteiger partial charge < -0.3 is 13.7 Å². The second-order valence-electron chi connectivity index (χ2n) is 6.31. The Balaban J connectivity index is 1.73. The van der Waals surface area contributed by atoms with Crippen molar-refractivity contribution in [2.75, 3.05) is 0 Å². The fourth-order valence-corrected chi connectivity index (χ4v) is 3.07. The number of halogens is 3. The summed E-state index contributed by atoms with van der Waals surface area (Å²) in [5.41, 5.74) is 0.517. The summed E-state index contributed by atoms with van der Waals surface area (Å²) in [6.07, 6.45) is -4.52. The number of alkyl halides is 3. The number of hydrogen-bond donors (Lipinski definition) is 0. The van der Waals surface area contributed by atoms with Gasteiger partial charge in [-0.15, -0.1) is 0 Å². The molecule has 0 saturated carbocycles. The SMILES string of the molecule is FC(F)(F)c1ccccc1B1OB(c2ccccc2)OB(c2ccccc2)O1. The van der Waals surface area contributed by atoms with E-state index in [0.717, 1.165) is 6.07 Å². The van der Waals surface area contributed by atoms with Crippen LogP contribution in [0.1, 0.15) is 5.56 Å². The van der Waals surface area contributed by atoms with Crippen molar-refractivity contribution in [3.8, 4) is 0 Å². The van der Waals surface area contributed by atoms with E-state index in [0.29, 0.717) is 10.9 Å². The van der Waals surface area contributed by atoms with Crippen molar-refractivity contribution in [3.63, 3.8) is 0 Å². The van der Waals surface area contributed by atoms with E-state index < -0.39 is 33.1 Å². The summed E-state index contributed by atoms with van der Waals surface area (Å²) in [4.78, 5) is 0. The molecule has 0 bridgehead atoms. The maximum Gasteiger partial charge on any atom is 0.467 e. The Morgan fingerprint density at radius 2 is 0.964 bits per heavy atom. The van der Waals surface area contributed by atoms with Crippen molar-refractivity contribution in [3.05, 3.63) is 90.5 Å². The Labute approximate surface area is 161 Å². The van der Waals surface area contributed by atoms with Gasteiger partial charge >= 0.3 is 27.5 Å². The number of rotatable bonds is 3. The minimum Gasteiger partial charge on any atom is -0.445 e. The Bertz CT molecular complexity index is 878. The fourth-order valence-electron chi connectivity index (χ4n) is 3.07. The van der Waals surface area contributed by atoms with Gasteiger partial charge in [-0.3, -0.25) is 0 Å². The molecule has 138 valence electrons. The Kier molecular flexibility index (Phi) is 5.30. The lowest BCUT2D eigenvalue weighted by Gasteiger charge is -2.32. The molecule has 28 heavy (non-hydrogen) atoms. The van der Waals surface area contributed by atoms with Crippen molar-refractivity contribution in [2.45, 2.75) is 6.18 Å². The molecule has 9 heteroatoms. The molecule has 1 heterocycles. The largest absolute Gasteiger partial charge is 0.467 e. The Morgan fingerprint density at radius 1 is 0.536 bits per heavy atom. The normalized spacial score (nSPS) is 15.0. The van der Waals surface area contributed by atoms with Crippen molar-refractivity contribution in [1.29, 1.82) is 0 Å². The molecule has 0 N–H and O–H groups in total. The van der Waals surface area contributed by atoms with Crippen LogP contribution < -0.4 is 16.4 Å². The van der Waals surface area contributed by atoms with Crippen LogP contribution in [-0.2, 0) is 19.9 Å². The summed E-state index contributed by atoms with van der Waals surface area (Å²) >= 11 is 0. The third kappa shape index (κ3) is 4.01. The summed E-state index contributed by atoms with van der Waals surface area (Å²) in [6, 6.07) is 23.4. The van der Waals surface area contributed by atoms with Crippen molar-refractivity contribution >= 4 is 37.7 Å². The molecule has 0 aromatic heterocycles. The van der Waals surface area contributed by atoms with Crippen LogP contribution in [0.25, 0.3) is 0 Å². The lowest BCUT2D eigenvalue weighted by atomic mass is 9.61. The van der Waals surface area contributed by atoms with Gasteiger partial charge in [0, 0.05) is 0 Å². The molecule has 1 saturated heterocycles. The summed E-state index contributed by atoms with van der Waals surface area (Å²) in [6.45, 7) is 0. The molecule has 0 radical (unpaired) electrons. The topological polar surface area (TPSA) is 27.7 Å². The van der Waals surface area contributed by atoms with E-state index in [2.05, 4.69) is 0 Å². The van der Waals surface area contributed by atoms with Gasteiger partial charge in [0.05, 0.1) is 5.56 Å². The number of benzene rings is 3. The molecule has 4 rings (SSSR count). The predicted molar refractivity (Wildman–Crippen MR) is 104 cm³/mol. The lowest BCUT2D eigenvalue weighted by Crippen LogP contribution is -2.62. The van der Waals surface area contributed by atoms with Crippen LogP contribution >= 0.6 is 0 Å². The van der Waals surface area contributed by atoms with Gasteiger partial charge in [0.1, 0.15) is 0 Å². The number of hydrogen-bond acceptors (Lipinski definition) is 3. The highest BCUT2D eigenvalue weighted by atomic mass is 19.4. The second-order valence-corrected chi connectivity index (χ2v) is 6.31. The smallest absolute Gasteiger partial charge is 0.445 e. The first-order chi connectivity index (χ1) is 13.5. The van der Waals surface area contributed by atoms with Crippen LogP contribution in [0.3, 0.4) is 0 Å². The third-order valence-electron chi connectivity index (χ3n) is 4.41. The van der Waals surface area contributed by atoms with Crippen molar-refractivity contribution in [1.82, 2.24) is 0 Å². The van der Waals surface area contributed by atoms with Crippen LogP contribution in [0.5, 0.6) is 0 Å². The maximum absolute atomic E-state index is 13.5. The van der Waals surface area contributed by atoms with E-state index >= 15 is 0 Å². The third-order valence-corrected chi connectivity index (χ3v) is 4.41. The molecular formula is C19H14B3F3O3. The molecular weight excluding hydrogens is 366 g/mol. The molecule has 1 fully saturated rings. The minimum absolute atomic E-state index is 0.0832. The zero-order valence-electron chi connectivity index (χ0n) is 14.7. The quantitative estimate of drug-likeness (QED) is 0.653. The van der Waals surface area contributed by atoms with Gasteiger partial charge in [-0.2, -0.15) is 13.2 Å². The van der Waals surface area contributed by atoms with E-state index in [-0.39, 0.29) is 5.46 Å². The van der Waals surface area contributed by atoms with E-state index in [9.17, 15) is 13.2 Å². The highest BCUT2D eigenvalue weighted by Crippen LogP contribution is 2.28. The molecule has 0 aliphatic carbocycles. The Morgan fingerprint density at radius 3 is 1.46 bits per heavy atom. The first-order valence-corrected chi connectivity index (χ1v) is 8.75. The predicted octanol–water partition coefficient (Wildman–Crippen LogP) is 2.25. The molecule has 0 amide bonds. The van der Waals surface area contributed by atoms with E-state index in [1.165, 1.54) is 18.2 Å². The standard InChI is InChI=1S/C19H14B3F3O3/c23-19(24,25)17-13-7-8-14-18(17)22-27-20(15-9-3-1-4-10-15)26-21(28-22)16-11-5-2-6-12-16/h1-14H. The molecule has 0 spiro atoms. The summed E-state index contributed by atoms with van der Waals surface area (Å²) in [7, 11) is -2.97. The van der Waals surface area contributed by atoms with Gasteiger partial charge in [-0.25, -0.2) is 0 Å². The summed E-state index contributed by atoms with van der Waals surface area (Å²) in [5.74, 6) is 0. The van der Waals surface area contributed by atoms with E-state index in [4.69, 9.17) is 13.7 Å². The Hall–Kier alpha value is -2.48. The fraction of sp³-hybridized carbons (Fsp3) is 0.0526. The van der Waals surface area contributed by atoms with Crippen molar-refractivity contribution in [2.24, 2.45) is 0 Å². The van der Waals surface area contributed by atoms with Gasteiger partial charge in [0.2, 0.25) is 0 Å². The van der Waals surface area contributed by atoms with Crippen LogP contribution in [0, 0.1) is 0 Å². The van der Waals surface area contributed by atoms with Crippen molar-refractivity contribution < 1.29 is 26.9 Å². The minimum atomic E-state index is -4.52. The van der Waals surface area contributed by atoms with Gasteiger partial charge in [-0.05, 0) is 16.4 Å². The van der Waals surface area contributed by atoms with Gasteiger partial charge in [-0.1, -0.05) is 84.9 Å².